The Morgan fingerprint density at radius 3 is 1.73 bits per heavy atom. The molecule has 1 aliphatic rings. The van der Waals surface area contributed by atoms with Crippen LogP contribution >= 0.6 is 0 Å². The quantitative estimate of drug-likeness (QED) is 0.446. The summed E-state index contributed by atoms with van der Waals surface area (Å²) in [5.41, 5.74) is 3.25. The second-order valence-corrected chi connectivity index (χ2v) is 8.07. The minimum atomic E-state index is -0.529. The molecule has 33 heavy (non-hydrogen) atoms. The molecule has 0 radical (unpaired) electrons. The highest BCUT2D eigenvalue weighted by molar-refractivity contribution is 5.15. The number of benzene rings is 3. The Bertz CT molecular complexity index is 925. The second kappa shape index (κ2) is 12.6. The predicted octanol–water partition coefficient (Wildman–Crippen LogP) is 4.03. The summed E-state index contributed by atoms with van der Waals surface area (Å²) in [6, 6.07) is 30.0. The number of hydrogen-bond acceptors (Lipinski definition) is 6. The van der Waals surface area contributed by atoms with E-state index in [4.69, 9.17) is 29.7 Å². The van der Waals surface area contributed by atoms with Crippen LogP contribution in [0.15, 0.2) is 91.0 Å². The van der Waals surface area contributed by atoms with Crippen LogP contribution in [0.3, 0.4) is 0 Å². The summed E-state index contributed by atoms with van der Waals surface area (Å²) in [6.45, 7) is 2.07. The summed E-state index contributed by atoms with van der Waals surface area (Å²) in [4.78, 5) is 5.38. The fourth-order valence-electron chi connectivity index (χ4n) is 3.90. The maximum Gasteiger partial charge on any atom is 0.136 e. The van der Waals surface area contributed by atoms with Gasteiger partial charge in [0.15, 0.2) is 0 Å². The third-order valence-electron chi connectivity index (χ3n) is 5.67. The van der Waals surface area contributed by atoms with Crippen molar-refractivity contribution in [2.24, 2.45) is 5.90 Å². The van der Waals surface area contributed by atoms with E-state index in [9.17, 15) is 0 Å². The summed E-state index contributed by atoms with van der Waals surface area (Å²) in [5, 5.41) is 0. The number of hydrogen-bond donors (Lipinski definition) is 1. The van der Waals surface area contributed by atoms with Crippen molar-refractivity contribution in [3.8, 4) is 0 Å². The lowest BCUT2D eigenvalue weighted by Gasteiger charge is -2.41. The third-order valence-corrected chi connectivity index (χ3v) is 5.67. The minimum absolute atomic E-state index is 0.326. The maximum atomic E-state index is 6.30. The molecule has 0 aliphatic carbocycles. The van der Waals surface area contributed by atoms with Gasteiger partial charge in [-0.25, -0.2) is 5.90 Å². The van der Waals surface area contributed by atoms with Crippen molar-refractivity contribution in [3.63, 3.8) is 0 Å². The molecule has 0 saturated carbocycles. The first kappa shape index (κ1) is 23.6. The summed E-state index contributed by atoms with van der Waals surface area (Å²) >= 11 is 0. The zero-order valence-electron chi connectivity index (χ0n) is 18.6. The number of rotatable bonds is 11. The van der Waals surface area contributed by atoms with E-state index >= 15 is 0 Å². The van der Waals surface area contributed by atoms with Crippen molar-refractivity contribution < 1.29 is 23.8 Å². The van der Waals surface area contributed by atoms with Crippen LogP contribution in [-0.2, 0) is 43.6 Å². The lowest BCUT2D eigenvalue weighted by molar-refractivity contribution is -0.245. The summed E-state index contributed by atoms with van der Waals surface area (Å²) in [5.74, 6) is 5.73. The van der Waals surface area contributed by atoms with Gasteiger partial charge in [0.1, 0.15) is 24.4 Å². The molecule has 1 fully saturated rings. The lowest BCUT2D eigenvalue weighted by atomic mass is 9.99. The normalized spacial score (nSPS) is 22.8. The Morgan fingerprint density at radius 2 is 1.18 bits per heavy atom. The molecular weight excluding hydrogens is 418 g/mol. The van der Waals surface area contributed by atoms with E-state index in [0.717, 1.165) is 16.7 Å². The molecule has 1 saturated heterocycles. The summed E-state index contributed by atoms with van der Waals surface area (Å²) < 4.78 is 24.5. The molecule has 1 heterocycles. The number of nitrogens with two attached hydrogens (primary N) is 1. The Labute approximate surface area is 195 Å². The van der Waals surface area contributed by atoms with E-state index in [1.54, 1.807) is 0 Å². The highest BCUT2D eigenvalue weighted by atomic mass is 16.7. The first-order chi connectivity index (χ1) is 16.3. The van der Waals surface area contributed by atoms with Crippen LogP contribution in [0.1, 0.15) is 16.7 Å². The van der Waals surface area contributed by atoms with Crippen LogP contribution in [0, 0.1) is 0 Å². The largest absolute Gasteiger partial charge is 0.374 e. The monoisotopic (exact) mass is 449 g/mol. The van der Waals surface area contributed by atoms with Gasteiger partial charge in [-0.2, -0.15) is 0 Å². The summed E-state index contributed by atoms with van der Waals surface area (Å²) in [6.07, 6.45) is -1.62. The van der Waals surface area contributed by atoms with Gasteiger partial charge >= 0.3 is 0 Å². The van der Waals surface area contributed by atoms with Crippen molar-refractivity contribution in [2.45, 2.75) is 44.2 Å². The van der Waals surface area contributed by atoms with E-state index in [0.29, 0.717) is 33.0 Å². The van der Waals surface area contributed by atoms with Gasteiger partial charge in [0.25, 0.3) is 0 Å². The predicted molar refractivity (Wildman–Crippen MR) is 125 cm³/mol. The Kier molecular flexibility index (Phi) is 9.00. The smallest absolute Gasteiger partial charge is 0.136 e. The topological polar surface area (TPSA) is 72.2 Å². The molecule has 0 unspecified atom stereocenters. The van der Waals surface area contributed by atoms with Crippen LogP contribution in [0.2, 0.25) is 0 Å². The molecule has 174 valence electrons. The highest BCUT2D eigenvalue weighted by Crippen LogP contribution is 2.25. The van der Waals surface area contributed by atoms with Crippen molar-refractivity contribution >= 4 is 0 Å². The summed E-state index contributed by atoms with van der Waals surface area (Å²) in [7, 11) is 0. The van der Waals surface area contributed by atoms with Gasteiger partial charge < -0.3 is 18.9 Å². The Morgan fingerprint density at radius 1 is 0.667 bits per heavy atom. The van der Waals surface area contributed by atoms with Crippen LogP contribution in [0.5, 0.6) is 0 Å². The van der Waals surface area contributed by atoms with E-state index in [2.05, 4.69) is 0 Å². The van der Waals surface area contributed by atoms with Crippen LogP contribution in [0.4, 0.5) is 0 Å². The fourth-order valence-corrected chi connectivity index (χ4v) is 3.90. The van der Waals surface area contributed by atoms with Gasteiger partial charge in [-0.1, -0.05) is 91.0 Å². The lowest BCUT2D eigenvalue weighted by Crippen LogP contribution is -2.58. The Hall–Kier alpha value is -2.58. The molecule has 4 atom stereocenters. The molecule has 0 aromatic heterocycles. The third kappa shape index (κ3) is 6.95. The standard InChI is InChI=1S/C27H31NO5/c28-33-27-24(19-29-16-21-10-4-1-5-11-21)31-20-25(30-17-22-12-6-2-7-13-22)26(27)32-18-23-14-8-3-9-15-23/h1-15,24-27H,16-20,28H2/t24-,25+,26-,27+/m1/s1. The molecule has 6 heteroatoms. The van der Waals surface area contributed by atoms with Crippen molar-refractivity contribution in [1.29, 1.82) is 0 Å². The molecule has 3 aromatic rings. The zero-order valence-corrected chi connectivity index (χ0v) is 18.6. The van der Waals surface area contributed by atoms with Gasteiger partial charge in [-0.15, -0.1) is 0 Å². The van der Waals surface area contributed by atoms with Gasteiger partial charge in [0, 0.05) is 0 Å². The van der Waals surface area contributed by atoms with Crippen LogP contribution < -0.4 is 5.90 Å². The average Bonchev–Trinajstić information content (AvgIpc) is 2.88. The second-order valence-electron chi connectivity index (χ2n) is 8.07. The molecule has 3 aromatic carbocycles. The molecule has 0 bridgehead atoms. The van der Waals surface area contributed by atoms with Crippen LogP contribution in [0.25, 0.3) is 0 Å². The van der Waals surface area contributed by atoms with Gasteiger partial charge in [-0.3, -0.25) is 4.84 Å². The number of ether oxygens (including phenoxy) is 4. The van der Waals surface area contributed by atoms with Crippen molar-refractivity contribution in [3.05, 3.63) is 108 Å². The van der Waals surface area contributed by atoms with E-state index in [1.807, 2.05) is 91.0 Å². The molecule has 1 aliphatic heterocycles. The molecule has 6 nitrogen and oxygen atoms in total. The van der Waals surface area contributed by atoms with Crippen molar-refractivity contribution in [2.75, 3.05) is 13.2 Å². The van der Waals surface area contributed by atoms with Gasteiger partial charge in [0.05, 0.1) is 33.0 Å². The van der Waals surface area contributed by atoms with E-state index < -0.39 is 12.2 Å². The Balaban J connectivity index is 1.40. The molecule has 2 N–H and O–H groups in total. The molecule has 4 rings (SSSR count). The fraction of sp³-hybridized carbons (Fsp3) is 0.333. The first-order valence-corrected chi connectivity index (χ1v) is 11.2. The van der Waals surface area contributed by atoms with Crippen LogP contribution in [-0.4, -0.2) is 37.6 Å². The molecule has 0 spiro atoms. The van der Waals surface area contributed by atoms with E-state index in [1.165, 1.54) is 0 Å². The van der Waals surface area contributed by atoms with Crippen molar-refractivity contribution in [1.82, 2.24) is 0 Å². The SMILES string of the molecule is NO[C@@H]1[C@H](OCc2ccccc2)[C@@H](OCc2ccccc2)CO[C@@H]1COCc1ccccc1. The highest BCUT2D eigenvalue weighted by Gasteiger charge is 2.43. The zero-order chi connectivity index (χ0) is 22.7. The first-order valence-electron chi connectivity index (χ1n) is 11.2. The van der Waals surface area contributed by atoms with Gasteiger partial charge in [-0.05, 0) is 16.7 Å². The maximum absolute atomic E-state index is 6.30. The molecular formula is C27H31NO5. The average molecular weight is 450 g/mol. The van der Waals surface area contributed by atoms with Gasteiger partial charge in [0.2, 0.25) is 0 Å². The minimum Gasteiger partial charge on any atom is -0.374 e. The van der Waals surface area contributed by atoms with E-state index in [-0.39, 0.29) is 12.2 Å². The molecule has 0 amide bonds.